The van der Waals surface area contributed by atoms with Gasteiger partial charge in [0.25, 0.3) is 0 Å². The fourth-order valence-corrected chi connectivity index (χ4v) is 6.77. The first-order chi connectivity index (χ1) is 13.1. The monoisotopic (exact) mass is 497 g/mol. The number of nitrogens with zero attached hydrogens (tertiary/aromatic N) is 2. The molecule has 13 nitrogen and oxygen atoms in total. The number of rotatable bonds is 8. The van der Waals surface area contributed by atoms with Crippen molar-refractivity contribution in [2.45, 2.75) is 17.1 Å². The van der Waals surface area contributed by atoms with Crippen LogP contribution in [0.1, 0.15) is 6.23 Å². The average Bonchev–Trinajstić information content (AvgIpc) is 2.99. The van der Waals surface area contributed by atoms with Gasteiger partial charge in [0.2, 0.25) is 0 Å². The Labute approximate surface area is 166 Å². The third-order valence-corrected chi connectivity index (χ3v) is 9.52. The molecule has 2 heterocycles. The van der Waals surface area contributed by atoms with E-state index >= 15 is 0 Å². The predicted octanol–water partition coefficient (Wildman–Crippen LogP) is 0.637. The number of halogens is 2. The van der Waals surface area contributed by atoms with Gasteiger partial charge in [-0.1, -0.05) is 0 Å². The Hall–Kier alpha value is -0.595. The van der Waals surface area contributed by atoms with Crippen molar-refractivity contribution in [1.29, 1.82) is 0 Å². The number of aromatic nitrogens is 2. The summed E-state index contributed by atoms with van der Waals surface area (Å²) in [7, 11) is -13.2. The van der Waals surface area contributed by atoms with Crippen molar-refractivity contribution in [2.75, 3.05) is 18.1 Å². The maximum atomic E-state index is 13.4. The molecule has 0 spiro atoms. The molecule has 4 unspecified atom stereocenters. The number of thioether (sulfide) groups is 1. The first kappa shape index (κ1) is 24.7. The van der Waals surface area contributed by atoms with E-state index in [-0.39, 0.29) is 11.6 Å². The van der Waals surface area contributed by atoms with E-state index in [4.69, 9.17) is 32.7 Å². The van der Waals surface area contributed by atoms with Gasteiger partial charge in [0.1, 0.15) is 17.5 Å². The van der Waals surface area contributed by atoms with Crippen molar-refractivity contribution in [2.24, 2.45) is 0 Å². The fourth-order valence-electron chi connectivity index (χ4n) is 1.88. The van der Waals surface area contributed by atoms with Gasteiger partial charge in [-0.25, -0.2) is 4.79 Å². The van der Waals surface area contributed by atoms with Crippen LogP contribution in [0.5, 0.6) is 0 Å². The van der Waals surface area contributed by atoms with Gasteiger partial charge < -0.3 is 41.8 Å². The van der Waals surface area contributed by atoms with Crippen molar-refractivity contribution in [3.05, 3.63) is 22.7 Å². The van der Waals surface area contributed by atoms with E-state index in [1.807, 2.05) is 0 Å². The highest BCUT2D eigenvalue weighted by Gasteiger charge is 2.65. The first-order valence-corrected chi connectivity index (χ1v) is 13.0. The summed E-state index contributed by atoms with van der Waals surface area (Å²) < 4.78 is 75.4. The maximum absolute atomic E-state index is 13.4. The Kier molecular flexibility index (Phi) is 7.23. The minimum Gasteiger partial charge on any atom is -0.443 e. The van der Waals surface area contributed by atoms with Crippen molar-refractivity contribution >= 4 is 47.8 Å². The lowest BCUT2D eigenvalue weighted by molar-refractivity contribution is -0.00287. The highest BCUT2D eigenvalue weighted by Crippen LogP contribution is 2.77. The molecule has 1 saturated heterocycles. The van der Waals surface area contributed by atoms with Crippen molar-refractivity contribution < 1.29 is 50.7 Å². The highest BCUT2D eigenvalue weighted by molar-refractivity contribution is 8.00. The van der Waals surface area contributed by atoms with Crippen LogP contribution in [-0.2, 0) is 27.3 Å². The first-order valence-electron chi connectivity index (χ1n) is 7.18. The van der Waals surface area contributed by atoms with E-state index in [2.05, 4.69) is 13.8 Å². The number of nitrogens with two attached hydrogens (primary N) is 1. The van der Waals surface area contributed by atoms with Crippen LogP contribution in [0.25, 0.3) is 0 Å². The SMILES string of the molecule is [B-]P(=O)(OCC1OC(n2ccc(N)nc2=O)CS1)OP(=O)(O)C(F)(F)P(=O)(O)O. The Bertz CT molecular complexity index is 975. The van der Waals surface area contributed by atoms with Gasteiger partial charge in [-0.2, -0.15) is 13.8 Å². The molecule has 1 aromatic heterocycles. The number of hydrogen-bond acceptors (Lipinski definition) is 10. The van der Waals surface area contributed by atoms with Gasteiger partial charge in [0.15, 0.2) is 0 Å². The molecule has 3 radical (unpaired) electrons. The Balaban J connectivity index is 1.99. The van der Waals surface area contributed by atoms with Crippen molar-refractivity contribution in [3.63, 3.8) is 0 Å². The number of ether oxygens (including phenoxy) is 1. The molecule has 0 bridgehead atoms. The molecule has 4 atom stereocenters. The second-order valence-corrected chi connectivity index (χ2v) is 12.2. The van der Waals surface area contributed by atoms with Gasteiger partial charge in [0.05, 0.1) is 14.1 Å². The number of anilines is 1. The Morgan fingerprint density at radius 3 is 2.59 bits per heavy atom. The van der Waals surface area contributed by atoms with Crippen molar-refractivity contribution in [1.82, 2.24) is 9.55 Å². The average molecular weight is 497 g/mol. The number of nitrogen functional groups attached to an aromatic ring is 1. The minimum absolute atomic E-state index is 0.0152. The lowest BCUT2D eigenvalue weighted by Gasteiger charge is -2.32. The zero-order valence-corrected chi connectivity index (χ0v) is 17.5. The van der Waals surface area contributed by atoms with Crippen LogP contribution < -0.4 is 11.4 Å². The Morgan fingerprint density at radius 2 is 2.03 bits per heavy atom. The summed E-state index contributed by atoms with van der Waals surface area (Å²) in [6, 6.07) is 1.33. The molecule has 1 fully saturated rings. The Morgan fingerprint density at radius 1 is 1.41 bits per heavy atom. The molecule has 1 aromatic rings. The van der Waals surface area contributed by atoms with Crippen LogP contribution in [0.15, 0.2) is 17.1 Å². The molecule has 2 rings (SSSR count). The van der Waals surface area contributed by atoms with E-state index < -0.39 is 52.0 Å². The van der Waals surface area contributed by atoms with E-state index in [1.165, 1.54) is 12.3 Å². The maximum Gasteiger partial charge on any atom is 0.444 e. The van der Waals surface area contributed by atoms with Gasteiger partial charge >= 0.3 is 26.3 Å². The normalized spacial score (nSPS) is 24.8. The number of alkyl halides is 2. The van der Waals surface area contributed by atoms with Crippen LogP contribution >= 0.6 is 34.4 Å². The molecule has 0 saturated carbocycles. The lowest BCUT2D eigenvalue weighted by Crippen LogP contribution is -2.28. The third-order valence-electron chi connectivity index (χ3n) is 3.20. The quantitative estimate of drug-likeness (QED) is 0.288. The van der Waals surface area contributed by atoms with Gasteiger partial charge in [-0.05, 0) is 6.07 Å². The van der Waals surface area contributed by atoms with E-state index in [0.717, 1.165) is 16.3 Å². The standard InChI is InChI=1S/C9H13BF2N3O10P3S/c10-28(22,25-27(20,21)9(11,12)26(17,18)19)23-3-7-24-6(4-29-7)15-2-1-5(13)14-8(15)16/h1-2,6-7H,3-4H2,(H,20,21)(H2,13,14,16)(H2,17,18,19)/q-1. The molecule has 20 heteroatoms. The molecule has 1 aliphatic rings. The lowest BCUT2D eigenvalue weighted by atomic mass is 10.5. The largest absolute Gasteiger partial charge is 0.444 e. The predicted molar refractivity (Wildman–Crippen MR) is 96.5 cm³/mol. The second-order valence-electron chi connectivity index (χ2n) is 5.39. The van der Waals surface area contributed by atoms with Crippen LogP contribution in [0.3, 0.4) is 0 Å². The van der Waals surface area contributed by atoms with Crippen molar-refractivity contribution in [3.8, 4) is 0 Å². The topological polar surface area (TPSA) is 200 Å². The zero-order chi connectivity index (χ0) is 22.3. The van der Waals surface area contributed by atoms with Crippen LogP contribution in [0, 0.1) is 0 Å². The molecule has 0 aliphatic carbocycles. The minimum atomic E-state index is -6.49. The second kappa shape index (κ2) is 8.50. The summed E-state index contributed by atoms with van der Waals surface area (Å²) in [6.45, 7) is -0.701. The summed E-state index contributed by atoms with van der Waals surface area (Å²) in [5.74, 6) is 0.169. The molecule has 29 heavy (non-hydrogen) atoms. The summed E-state index contributed by atoms with van der Waals surface area (Å²) in [6.07, 6.45) is 0.470. The van der Waals surface area contributed by atoms with Gasteiger partial charge in [0, 0.05) is 11.9 Å². The molecular weight excluding hydrogens is 484 g/mol. The molecule has 5 N–H and O–H groups in total. The van der Waals surface area contributed by atoms with E-state index in [0.29, 0.717) is 0 Å². The van der Waals surface area contributed by atoms with Crippen LogP contribution in [-0.4, -0.2) is 55.0 Å². The van der Waals surface area contributed by atoms with E-state index in [1.54, 1.807) is 0 Å². The fraction of sp³-hybridized carbons (Fsp3) is 0.556. The molecule has 0 aromatic carbocycles. The van der Waals surface area contributed by atoms with Gasteiger partial charge in [-0.15, -0.1) is 11.8 Å². The molecular formula is C9H13BF2N3O10P3S-. The zero-order valence-electron chi connectivity index (χ0n) is 14.0. The summed E-state index contributed by atoms with van der Waals surface area (Å²) in [5.41, 5.74) is 3.69. The van der Waals surface area contributed by atoms with Crippen LogP contribution in [0.2, 0.25) is 0 Å². The smallest absolute Gasteiger partial charge is 0.443 e. The summed E-state index contributed by atoms with van der Waals surface area (Å²) in [5, 5.41) is -5.56. The third kappa shape index (κ3) is 5.76. The molecule has 1 aliphatic heterocycles. The van der Waals surface area contributed by atoms with Crippen LogP contribution in [0.4, 0.5) is 14.6 Å². The molecule has 163 valence electrons. The van der Waals surface area contributed by atoms with E-state index in [9.17, 15) is 27.3 Å². The van der Waals surface area contributed by atoms with Gasteiger partial charge in [-0.3, -0.25) is 18.0 Å². The highest BCUT2D eigenvalue weighted by atomic mass is 32.2. The number of hydrogen-bond donors (Lipinski definition) is 4. The summed E-state index contributed by atoms with van der Waals surface area (Å²) in [4.78, 5) is 41.3. The molecule has 0 amide bonds. The summed E-state index contributed by atoms with van der Waals surface area (Å²) >= 11 is 1.02.